The molecule has 4 N–H and O–H groups in total. The summed E-state index contributed by atoms with van der Waals surface area (Å²) >= 11 is 0. The monoisotopic (exact) mass is 460 g/mol. The van der Waals surface area contributed by atoms with Crippen LogP contribution >= 0.6 is 0 Å². The van der Waals surface area contributed by atoms with Gasteiger partial charge in [0, 0.05) is 13.2 Å². The van der Waals surface area contributed by atoms with Gasteiger partial charge in [0.05, 0.1) is 12.2 Å². The largest absolute Gasteiger partial charge is 0.396 e. The van der Waals surface area contributed by atoms with Crippen molar-refractivity contribution < 1.29 is 20.4 Å². The van der Waals surface area contributed by atoms with Crippen molar-refractivity contribution in [3.8, 4) is 0 Å². The summed E-state index contributed by atoms with van der Waals surface area (Å²) in [6.45, 7) is 4.89. The smallest absolute Gasteiger partial charge is 0.0541 e. The molecular weight excluding hydrogens is 400 g/mol. The molecule has 4 nitrogen and oxygen atoms in total. The molecule has 0 aromatic carbocycles. The van der Waals surface area contributed by atoms with Crippen molar-refractivity contribution >= 4 is 0 Å². The summed E-state index contributed by atoms with van der Waals surface area (Å²) in [5.41, 5.74) is 0. The molecule has 0 fully saturated rings. The zero-order valence-corrected chi connectivity index (χ0v) is 21.9. The Labute approximate surface area is 201 Å². The maximum atomic E-state index is 9.54. The third-order valence-corrected chi connectivity index (χ3v) is 6.17. The highest BCUT2D eigenvalue weighted by Crippen LogP contribution is 2.13. The second-order valence-electron chi connectivity index (χ2n) is 9.57. The van der Waals surface area contributed by atoms with Gasteiger partial charge in [0.2, 0.25) is 0 Å². The molecule has 0 aliphatic heterocycles. The van der Waals surface area contributed by atoms with Crippen molar-refractivity contribution in [3.05, 3.63) is 0 Å². The fourth-order valence-corrected chi connectivity index (χ4v) is 3.97. The lowest BCUT2D eigenvalue weighted by Crippen LogP contribution is -2.06. The van der Waals surface area contributed by atoms with E-state index in [1.807, 2.05) is 0 Å². The van der Waals surface area contributed by atoms with Crippen LogP contribution in [0.5, 0.6) is 0 Å². The second kappa shape index (κ2) is 30.8. The highest BCUT2D eigenvalue weighted by Gasteiger charge is 2.03. The summed E-state index contributed by atoms with van der Waals surface area (Å²) in [5, 5.41) is 36.3. The molecule has 0 amide bonds. The first-order valence-electron chi connectivity index (χ1n) is 14.2. The quantitative estimate of drug-likeness (QED) is 0.114. The van der Waals surface area contributed by atoms with Gasteiger partial charge in [0.25, 0.3) is 0 Å². The Morgan fingerprint density at radius 1 is 0.375 bits per heavy atom. The number of hydrogen-bond acceptors (Lipinski definition) is 4. The van der Waals surface area contributed by atoms with Crippen LogP contribution in [0.4, 0.5) is 0 Å². The predicted octanol–water partition coefficient (Wildman–Crippen LogP) is 7.30. The van der Waals surface area contributed by atoms with Crippen LogP contribution in [-0.4, -0.2) is 45.8 Å². The van der Waals surface area contributed by atoms with Crippen molar-refractivity contribution in [3.63, 3.8) is 0 Å². The van der Waals surface area contributed by atoms with E-state index >= 15 is 0 Å². The number of rotatable bonds is 24. The van der Waals surface area contributed by atoms with Gasteiger partial charge in [0.15, 0.2) is 0 Å². The van der Waals surface area contributed by atoms with Gasteiger partial charge in [-0.15, -0.1) is 0 Å². The minimum atomic E-state index is -0.188. The van der Waals surface area contributed by atoms with Crippen LogP contribution in [0.1, 0.15) is 155 Å². The molecule has 0 aromatic heterocycles. The Morgan fingerprint density at radius 2 is 0.625 bits per heavy atom. The van der Waals surface area contributed by atoms with E-state index in [9.17, 15) is 10.2 Å². The molecule has 0 saturated heterocycles. The number of hydrogen-bond donors (Lipinski definition) is 4. The average molecular weight is 461 g/mol. The minimum absolute atomic E-state index is 0.188. The lowest BCUT2D eigenvalue weighted by atomic mass is 10.0. The molecule has 0 heterocycles. The molecule has 2 unspecified atom stereocenters. The zero-order chi connectivity index (χ0) is 24.1. The van der Waals surface area contributed by atoms with E-state index in [4.69, 9.17) is 10.2 Å². The summed E-state index contributed by atoms with van der Waals surface area (Å²) in [7, 11) is 0. The molecular formula is C28H60O4. The Bertz CT molecular complexity index is 282. The third kappa shape index (κ3) is 32.0. The fourth-order valence-electron chi connectivity index (χ4n) is 3.97. The molecule has 0 aliphatic carbocycles. The van der Waals surface area contributed by atoms with E-state index in [-0.39, 0.29) is 25.4 Å². The predicted molar refractivity (Wildman–Crippen MR) is 139 cm³/mol. The highest BCUT2D eigenvalue weighted by atomic mass is 16.3. The number of aliphatic hydroxyl groups excluding tert-OH is 4. The standard InChI is InChI=1S/2C14H30O2/c2*1-2-3-4-5-6-7-8-9-11-14(16)12-10-13-15/h2*14-16H,2-13H2,1H3. The van der Waals surface area contributed by atoms with Gasteiger partial charge in [-0.3, -0.25) is 0 Å². The van der Waals surface area contributed by atoms with Gasteiger partial charge in [-0.25, -0.2) is 0 Å². The molecule has 0 bridgehead atoms. The number of unbranched alkanes of at least 4 members (excludes halogenated alkanes) is 14. The SMILES string of the molecule is CCCCCCCCCCC(O)CCCO.CCCCCCCCCCC(O)CCCO. The molecule has 0 aromatic rings. The normalized spacial score (nSPS) is 12.9. The zero-order valence-electron chi connectivity index (χ0n) is 21.9. The first-order chi connectivity index (χ1) is 15.6. The Hall–Kier alpha value is -0.160. The van der Waals surface area contributed by atoms with Crippen LogP contribution in [0, 0.1) is 0 Å². The summed E-state index contributed by atoms with van der Waals surface area (Å²) in [6.07, 6.45) is 25.5. The molecule has 0 spiro atoms. The summed E-state index contributed by atoms with van der Waals surface area (Å²) in [4.78, 5) is 0. The van der Waals surface area contributed by atoms with Crippen molar-refractivity contribution in [2.75, 3.05) is 13.2 Å². The highest BCUT2D eigenvalue weighted by molar-refractivity contribution is 4.57. The van der Waals surface area contributed by atoms with E-state index in [2.05, 4.69) is 13.8 Å². The van der Waals surface area contributed by atoms with Gasteiger partial charge < -0.3 is 20.4 Å². The molecule has 4 heteroatoms. The van der Waals surface area contributed by atoms with E-state index < -0.39 is 0 Å². The minimum Gasteiger partial charge on any atom is -0.396 e. The molecule has 0 saturated carbocycles. The van der Waals surface area contributed by atoms with Gasteiger partial charge >= 0.3 is 0 Å². The molecule has 196 valence electrons. The van der Waals surface area contributed by atoms with Crippen LogP contribution in [0.15, 0.2) is 0 Å². The van der Waals surface area contributed by atoms with Gasteiger partial charge in [-0.2, -0.15) is 0 Å². The van der Waals surface area contributed by atoms with E-state index in [1.165, 1.54) is 89.9 Å². The van der Waals surface area contributed by atoms with E-state index in [0.717, 1.165) is 51.4 Å². The van der Waals surface area contributed by atoms with Crippen molar-refractivity contribution in [1.29, 1.82) is 0 Å². The first-order valence-corrected chi connectivity index (χ1v) is 14.2. The van der Waals surface area contributed by atoms with Gasteiger partial charge in [-0.1, -0.05) is 117 Å². The lowest BCUT2D eigenvalue weighted by molar-refractivity contribution is 0.137. The third-order valence-electron chi connectivity index (χ3n) is 6.17. The van der Waals surface area contributed by atoms with E-state index in [1.54, 1.807) is 0 Å². The summed E-state index contributed by atoms with van der Waals surface area (Å²) < 4.78 is 0. The van der Waals surface area contributed by atoms with Crippen LogP contribution in [0.3, 0.4) is 0 Å². The van der Waals surface area contributed by atoms with Gasteiger partial charge in [-0.05, 0) is 38.5 Å². The molecule has 0 aliphatic rings. The summed E-state index contributed by atoms with van der Waals surface area (Å²) in [5.74, 6) is 0. The van der Waals surface area contributed by atoms with Crippen molar-refractivity contribution in [2.45, 2.75) is 167 Å². The number of aliphatic hydroxyl groups is 4. The molecule has 2 atom stereocenters. The molecule has 0 radical (unpaired) electrons. The topological polar surface area (TPSA) is 80.9 Å². The van der Waals surface area contributed by atoms with Crippen molar-refractivity contribution in [2.24, 2.45) is 0 Å². The second-order valence-corrected chi connectivity index (χ2v) is 9.57. The maximum absolute atomic E-state index is 9.54. The summed E-state index contributed by atoms with van der Waals surface area (Å²) in [6, 6.07) is 0. The van der Waals surface area contributed by atoms with Crippen LogP contribution in [-0.2, 0) is 0 Å². The van der Waals surface area contributed by atoms with E-state index in [0.29, 0.717) is 0 Å². The Balaban J connectivity index is 0. The first kappa shape index (κ1) is 34.0. The van der Waals surface area contributed by atoms with Crippen LogP contribution < -0.4 is 0 Å². The Kier molecular flexibility index (Phi) is 32.8. The lowest BCUT2D eigenvalue weighted by Gasteiger charge is -2.08. The van der Waals surface area contributed by atoms with Gasteiger partial charge in [0.1, 0.15) is 0 Å². The maximum Gasteiger partial charge on any atom is 0.0541 e. The Morgan fingerprint density at radius 3 is 0.906 bits per heavy atom. The van der Waals surface area contributed by atoms with Crippen LogP contribution in [0.25, 0.3) is 0 Å². The van der Waals surface area contributed by atoms with Crippen molar-refractivity contribution in [1.82, 2.24) is 0 Å². The molecule has 0 rings (SSSR count). The molecule has 32 heavy (non-hydrogen) atoms. The fraction of sp³-hybridized carbons (Fsp3) is 1.00. The average Bonchev–Trinajstić information content (AvgIpc) is 2.80. The van der Waals surface area contributed by atoms with Crippen LogP contribution in [0.2, 0.25) is 0 Å².